The Morgan fingerprint density at radius 3 is 2.45 bits per heavy atom. The van der Waals surface area contributed by atoms with Crippen molar-refractivity contribution in [2.75, 3.05) is 13.6 Å². The summed E-state index contributed by atoms with van der Waals surface area (Å²) in [5, 5.41) is 3.12. The molecule has 2 nitrogen and oxygen atoms in total. The summed E-state index contributed by atoms with van der Waals surface area (Å²) < 4.78 is 0. The second-order valence-electron chi connectivity index (χ2n) is 2.34. The fourth-order valence-electron chi connectivity index (χ4n) is 0.835. The molecule has 0 aliphatic carbocycles. The van der Waals surface area contributed by atoms with Gasteiger partial charge in [-0.1, -0.05) is 13.0 Å². The summed E-state index contributed by atoms with van der Waals surface area (Å²) in [6.07, 6.45) is 5.15. The summed E-state index contributed by atoms with van der Waals surface area (Å²) in [5.74, 6) is 0. The molecule has 0 heterocycles. The molecule has 0 atom stereocenters. The van der Waals surface area contributed by atoms with Crippen molar-refractivity contribution in [2.24, 2.45) is 5.73 Å². The maximum atomic E-state index is 5.50. The highest BCUT2D eigenvalue weighted by atomic mass is 14.8. The number of nitrogens with two attached hydrogens (primary N) is 1. The minimum atomic E-state index is 0.613. The molecule has 0 aliphatic rings. The second kappa shape index (κ2) is 5.98. The Morgan fingerprint density at radius 2 is 2.18 bits per heavy atom. The molecular formula is C9H18N2. The Hall–Kier alpha value is -0.760. The van der Waals surface area contributed by atoms with E-state index in [1.54, 1.807) is 0 Å². The SMILES string of the molecule is C/C=C(\C=C(/CC)NC)CN. The van der Waals surface area contributed by atoms with Crippen LogP contribution in [0, 0.1) is 0 Å². The molecule has 3 N–H and O–H groups in total. The molecule has 0 aromatic carbocycles. The van der Waals surface area contributed by atoms with Gasteiger partial charge >= 0.3 is 0 Å². The standard InChI is InChI=1S/C9H18N2/c1-4-8(7-10)6-9(5-2)11-3/h4,6,11H,5,7,10H2,1-3H3/b8-4+,9-6+. The van der Waals surface area contributed by atoms with Crippen LogP contribution in [0.25, 0.3) is 0 Å². The van der Waals surface area contributed by atoms with Crippen molar-refractivity contribution in [3.05, 3.63) is 23.4 Å². The largest absolute Gasteiger partial charge is 0.391 e. The van der Waals surface area contributed by atoms with E-state index in [1.807, 2.05) is 20.0 Å². The van der Waals surface area contributed by atoms with E-state index in [2.05, 4.69) is 18.3 Å². The quantitative estimate of drug-likeness (QED) is 0.601. The summed E-state index contributed by atoms with van der Waals surface area (Å²) in [6, 6.07) is 0. The second-order valence-corrected chi connectivity index (χ2v) is 2.34. The van der Waals surface area contributed by atoms with Gasteiger partial charge in [0.05, 0.1) is 0 Å². The lowest BCUT2D eigenvalue weighted by Gasteiger charge is -2.03. The number of rotatable bonds is 4. The molecule has 0 aromatic rings. The summed E-state index contributed by atoms with van der Waals surface area (Å²) in [4.78, 5) is 0. The Kier molecular flexibility index (Phi) is 5.57. The summed E-state index contributed by atoms with van der Waals surface area (Å²) in [5.41, 5.74) is 7.90. The molecule has 2 heteroatoms. The average molecular weight is 154 g/mol. The molecule has 0 aromatic heterocycles. The third-order valence-electron chi connectivity index (χ3n) is 1.67. The van der Waals surface area contributed by atoms with Gasteiger partial charge in [0.25, 0.3) is 0 Å². The van der Waals surface area contributed by atoms with E-state index < -0.39 is 0 Å². The zero-order valence-corrected chi connectivity index (χ0v) is 7.65. The minimum absolute atomic E-state index is 0.613. The van der Waals surface area contributed by atoms with Crippen molar-refractivity contribution in [1.82, 2.24) is 5.32 Å². The van der Waals surface area contributed by atoms with Gasteiger partial charge in [0.1, 0.15) is 0 Å². The summed E-state index contributed by atoms with van der Waals surface area (Å²) >= 11 is 0. The number of allylic oxidation sites excluding steroid dienone is 2. The van der Waals surface area contributed by atoms with Crippen molar-refractivity contribution in [3.63, 3.8) is 0 Å². The van der Waals surface area contributed by atoms with Crippen LogP contribution in [-0.2, 0) is 0 Å². The minimum Gasteiger partial charge on any atom is -0.391 e. The van der Waals surface area contributed by atoms with E-state index in [9.17, 15) is 0 Å². The Balaban J connectivity index is 4.23. The first-order valence-corrected chi connectivity index (χ1v) is 4.02. The molecule has 0 radical (unpaired) electrons. The van der Waals surface area contributed by atoms with Crippen LogP contribution in [-0.4, -0.2) is 13.6 Å². The number of hydrogen-bond donors (Lipinski definition) is 2. The van der Waals surface area contributed by atoms with Gasteiger partial charge in [-0.2, -0.15) is 0 Å². The van der Waals surface area contributed by atoms with E-state index in [0.717, 1.165) is 6.42 Å². The van der Waals surface area contributed by atoms with Crippen LogP contribution in [0.2, 0.25) is 0 Å². The highest BCUT2D eigenvalue weighted by molar-refractivity contribution is 5.23. The van der Waals surface area contributed by atoms with Crippen LogP contribution in [0.4, 0.5) is 0 Å². The Bertz CT molecular complexity index is 151. The van der Waals surface area contributed by atoms with E-state index >= 15 is 0 Å². The van der Waals surface area contributed by atoms with Crippen LogP contribution in [0.15, 0.2) is 23.4 Å². The van der Waals surface area contributed by atoms with E-state index in [-0.39, 0.29) is 0 Å². The maximum Gasteiger partial charge on any atom is 0.0175 e. The lowest BCUT2D eigenvalue weighted by molar-refractivity contribution is 0.895. The van der Waals surface area contributed by atoms with Gasteiger partial charge in [0.15, 0.2) is 0 Å². The van der Waals surface area contributed by atoms with E-state index in [1.165, 1.54) is 11.3 Å². The third-order valence-corrected chi connectivity index (χ3v) is 1.67. The van der Waals surface area contributed by atoms with Gasteiger partial charge in [0.2, 0.25) is 0 Å². The van der Waals surface area contributed by atoms with E-state index in [4.69, 9.17) is 5.73 Å². The molecule has 64 valence electrons. The molecule has 0 unspecified atom stereocenters. The van der Waals surface area contributed by atoms with Crippen molar-refractivity contribution < 1.29 is 0 Å². The van der Waals surface area contributed by atoms with Crippen LogP contribution in [0.3, 0.4) is 0 Å². The van der Waals surface area contributed by atoms with Crippen LogP contribution >= 0.6 is 0 Å². The van der Waals surface area contributed by atoms with Crippen LogP contribution in [0.1, 0.15) is 20.3 Å². The molecule has 0 rings (SSSR count). The molecule has 11 heavy (non-hydrogen) atoms. The lowest BCUT2D eigenvalue weighted by Crippen LogP contribution is -2.07. The molecule has 0 saturated heterocycles. The predicted molar refractivity (Wildman–Crippen MR) is 50.2 cm³/mol. The molecule has 0 fully saturated rings. The van der Waals surface area contributed by atoms with Gasteiger partial charge < -0.3 is 11.1 Å². The maximum absolute atomic E-state index is 5.50. The first-order valence-electron chi connectivity index (χ1n) is 4.02. The molecule has 0 amide bonds. The molecule has 0 bridgehead atoms. The third kappa shape index (κ3) is 3.83. The zero-order valence-electron chi connectivity index (χ0n) is 7.65. The van der Waals surface area contributed by atoms with Crippen molar-refractivity contribution in [3.8, 4) is 0 Å². The molecule has 0 saturated carbocycles. The van der Waals surface area contributed by atoms with Crippen molar-refractivity contribution in [1.29, 1.82) is 0 Å². The highest BCUT2D eigenvalue weighted by Gasteiger charge is 1.90. The van der Waals surface area contributed by atoms with Crippen molar-refractivity contribution >= 4 is 0 Å². The van der Waals surface area contributed by atoms with Gasteiger partial charge in [-0.25, -0.2) is 0 Å². The predicted octanol–water partition coefficient (Wildman–Crippen LogP) is 1.40. The van der Waals surface area contributed by atoms with Crippen molar-refractivity contribution in [2.45, 2.75) is 20.3 Å². The first-order chi connectivity index (χ1) is 5.28. The first kappa shape index (κ1) is 10.2. The van der Waals surface area contributed by atoms with Gasteiger partial charge in [-0.3, -0.25) is 0 Å². The van der Waals surface area contributed by atoms with Gasteiger partial charge in [-0.05, 0) is 25.0 Å². The van der Waals surface area contributed by atoms with Crippen LogP contribution in [0.5, 0.6) is 0 Å². The summed E-state index contributed by atoms with van der Waals surface area (Å²) in [7, 11) is 1.93. The number of nitrogens with one attached hydrogen (secondary N) is 1. The molecule has 0 aliphatic heterocycles. The van der Waals surface area contributed by atoms with Gasteiger partial charge in [-0.15, -0.1) is 0 Å². The van der Waals surface area contributed by atoms with E-state index in [0.29, 0.717) is 6.54 Å². The lowest BCUT2D eigenvalue weighted by atomic mass is 10.2. The molecular weight excluding hydrogens is 136 g/mol. The zero-order chi connectivity index (χ0) is 8.69. The average Bonchev–Trinajstić information content (AvgIpc) is 2.07. The Labute approximate surface area is 69.2 Å². The monoisotopic (exact) mass is 154 g/mol. The Morgan fingerprint density at radius 1 is 1.55 bits per heavy atom. The molecule has 0 spiro atoms. The highest BCUT2D eigenvalue weighted by Crippen LogP contribution is 2.01. The fourth-order valence-corrected chi connectivity index (χ4v) is 0.835. The van der Waals surface area contributed by atoms with Gasteiger partial charge in [0, 0.05) is 19.3 Å². The fraction of sp³-hybridized carbons (Fsp3) is 0.556. The number of hydrogen-bond acceptors (Lipinski definition) is 2. The smallest absolute Gasteiger partial charge is 0.0175 e. The van der Waals surface area contributed by atoms with Crippen LogP contribution < -0.4 is 11.1 Å². The summed E-state index contributed by atoms with van der Waals surface area (Å²) in [6.45, 7) is 4.73. The normalized spacial score (nSPS) is 13.5. The topological polar surface area (TPSA) is 38.0 Å².